The number of fused-ring (bicyclic) bond motifs is 6. The van der Waals surface area contributed by atoms with Gasteiger partial charge in [0.2, 0.25) is 23.3 Å². The van der Waals surface area contributed by atoms with Gasteiger partial charge in [0, 0.05) is 39.4 Å². The summed E-state index contributed by atoms with van der Waals surface area (Å²) in [6, 6.07) is 14.3. The third-order valence-electron chi connectivity index (χ3n) is 11.8. The number of halogens is 8. The molecule has 2 unspecified atom stereocenters. The van der Waals surface area contributed by atoms with E-state index in [0.29, 0.717) is 16.7 Å². The van der Waals surface area contributed by atoms with Crippen molar-refractivity contribution in [2.24, 2.45) is 9.98 Å². The Morgan fingerprint density at radius 2 is 1.03 bits per heavy atom. The van der Waals surface area contributed by atoms with E-state index in [1.54, 1.807) is 12.1 Å². The summed E-state index contributed by atoms with van der Waals surface area (Å²) in [6.07, 6.45) is 1.96. The minimum Gasteiger partial charge on any atom is -0.508 e. The standard InChI is InChI=1S/C51H37F8N3O8/c52-42-40(43(53)47(57)50(46(42)56)69-20-28(67)18-63)38-25-8-7-24(15-25)36(22-3-1-5-26(65)16-22)30-9-13-34(60-30)39(41-44(54)48(58)51(49(59)45(41)55)70-21-29(68)19-64)35-14-11-32(62-35)37(31-10-12-33(38)61-31)23-4-2-6-27(66)17-23/h1-8,10-12,14,16-17,28-29,62-68H,9,13,15,18-21H2. The predicted octanol–water partition coefficient (Wildman–Crippen LogP) is 8.65. The molecular weight excluding hydrogens is 935 g/mol. The number of benzene rings is 4. The van der Waals surface area contributed by atoms with Gasteiger partial charge in [0.15, 0.2) is 34.8 Å². The first-order chi connectivity index (χ1) is 33.6. The van der Waals surface area contributed by atoms with Gasteiger partial charge in [-0.05, 0) is 90.1 Å². The quantitative estimate of drug-likeness (QED) is 0.0480. The summed E-state index contributed by atoms with van der Waals surface area (Å²) in [6.45, 7) is -3.63. The van der Waals surface area contributed by atoms with E-state index in [1.165, 1.54) is 72.8 Å². The molecule has 1 aromatic heterocycles. The maximum Gasteiger partial charge on any atom is 0.204 e. The third-order valence-corrected chi connectivity index (χ3v) is 11.8. The zero-order valence-electron chi connectivity index (χ0n) is 36.1. The van der Waals surface area contributed by atoms with E-state index >= 15 is 35.1 Å². The number of nitrogens with one attached hydrogen (secondary N) is 1. The lowest BCUT2D eigenvalue weighted by Crippen LogP contribution is -2.22. The van der Waals surface area contributed by atoms with Gasteiger partial charge >= 0.3 is 0 Å². The lowest BCUT2D eigenvalue weighted by molar-refractivity contribution is 0.0503. The number of aliphatic imine (C=N–C) groups is 2. The van der Waals surface area contributed by atoms with Crippen LogP contribution in [0.1, 0.15) is 52.9 Å². The van der Waals surface area contributed by atoms with Crippen molar-refractivity contribution in [3.8, 4) is 23.0 Å². The summed E-state index contributed by atoms with van der Waals surface area (Å²) in [4.78, 5) is 12.6. The summed E-state index contributed by atoms with van der Waals surface area (Å²) in [5.41, 5.74) is -1.98. The molecule has 0 saturated heterocycles. The molecule has 19 heteroatoms. The minimum atomic E-state index is -1.96. The summed E-state index contributed by atoms with van der Waals surface area (Å²) in [5.74, 6) is -18.8. The molecule has 4 aliphatic rings. The van der Waals surface area contributed by atoms with Gasteiger partial charge in [-0.3, -0.25) is 4.99 Å². The lowest BCUT2D eigenvalue weighted by Gasteiger charge is -2.18. The van der Waals surface area contributed by atoms with Crippen LogP contribution in [0, 0.1) is 46.5 Å². The van der Waals surface area contributed by atoms with E-state index in [0.717, 1.165) is 0 Å². The van der Waals surface area contributed by atoms with Crippen molar-refractivity contribution in [2.45, 2.75) is 31.5 Å². The number of nitrogens with zero attached hydrogens (tertiary/aromatic N) is 2. The Balaban J connectivity index is 1.35. The van der Waals surface area contributed by atoms with Crippen molar-refractivity contribution >= 4 is 33.7 Å². The first-order valence-electron chi connectivity index (χ1n) is 21.4. The van der Waals surface area contributed by atoms with Crippen molar-refractivity contribution in [1.82, 2.24) is 4.98 Å². The zero-order chi connectivity index (χ0) is 49.7. The summed E-state index contributed by atoms with van der Waals surface area (Å²) < 4.78 is 140. The first-order valence-corrected chi connectivity index (χ1v) is 21.4. The molecule has 8 bridgehead atoms. The van der Waals surface area contributed by atoms with Gasteiger partial charge in [-0.25, -0.2) is 22.6 Å². The molecule has 360 valence electrons. The largest absolute Gasteiger partial charge is 0.508 e. The number of allylic oxidation sites excluding steroid dienone is 9. The highest BCUT2D eigenvalue weighted by Gasteiger charge is 2.36. The molecule has 1 aliphatic carbocycles. The average molecular weight is 972 g/mol. The number of phenols is 2. The Labute approximate surface area is 391 Å². The summed E-state index contributed by atoms with van der Waals surface area (Å²) >= 11 is 0. The number of H-pyrrole nitrogens is 1. The van der Waals surface area contributed by atoms with Gasteiger partial charge in [0.1, 0.15) is 36.9 Å². The number of aromatic nitrogens is 1. The van der Waals surface area contributed by atoms with E-state index < -0.39 is 119 Å². The van der Waals surface area contributed by atoms with Crippen LogP contribution in [-0.4, -0.2) is 85.7 Å². The highest BCUT2D eigenvalue weighted by Crippen LogP contribution is 2.46. The Morgan fingerprint density at radius 3 is 1.54 bits per heavy atom. The van der Waals surface area contributed by atoms with Gasteiger partial charge in [-0.1, -0.05) is 36.4 Å². The highest BCUT2D eigenvalue weighted by atomic mass is 19.2. The van der Waals surface area contributed by atoms with E-state index in [4.69, 9.17) is 19.5 Å². The first kappa shape index (κ1) is 47.5. The predicted molar refractivity (Wildman–Crippen MR) is 240 cm³/mol. The maximum absolute atomic E-state index is 16.6. The molecule has 0 spiro atoms. The molecule has 9 rings (SSSR count). The smallest absolute Gasteiger partial charge is 0.204 e. The number of hydrogen-bond acceptors (Lipinski definition) is 10. The fourth-order valence-corrected chi connectivity index (χ4v) is 8.64. The van der Waals surface area contributed by atoms with Crippen molar-refractivity contribution < 1.29 is 75.2 Å². The van der Waals surface area contributed by atoms with Gasteiger partial charge in [-0.2, -0.15) is 17.6 Å². The molecule has 5 aromatic rings. The van der Waals surface area contributed by atoms with Gasteiger partial charge < -0.3 is 45.1 Å². The monoisotopic (exact) mass is 971 g/mol. The van der Waals surface area contributed by atoms with Crippen LogP contribution in [0.5, 0.6) is 23.0 Å². The number of aromatic amines is 1. The van der Waals surface area contributed by atoms with Crippen molar-refractivity contribution in [3.63, 3.8) is 0 Å². The second-order valence-corrected chi connectivity index (χ2v) is 16.4. The lowest BCUT2D eigenvalue weighted by atomic mass is 9.90. The van der Waals surface area contributed by atoms with Gasteiger partial charge in [-0.15, -0.1) is 0 Å². The summed E-state index contributed by atoms with van der Waals surface area (Å²) in [5, 5.41) is 59.2. The minimum absolute atomic E-state index is 0.00473. The number of aromatic hydroxyl groups is 2. The number of aliphatic hydroxyl groups is 4. The van der Waals surface area contributed by atoms with Crippen LogP contribution in [-0.2, 0) is 0 Å². The Kier molecular flexibility index (Phi) is 12.9. The summed E-state index contributed by atoms with van der Waals surface area (Å²) in [7, 11) is 0. The molecule has 3 aliphatic heterocycles. The molecule has 0 radical (unpaired) electrons. The van der Waals surface area contributed by atoms with Crippen molar-refractivity contribution in [1.29, 1.82) is 0 Å². The van der Waals surface area contributed by atoms with E-state index in [-0.39, 0.29) is 81.7 Å². The number of ether oxygens (including phenoxy) is 2. The second-order valence-electron chi connectivity index (χ2n) is 16.4. The maximum atomic E-state index is 16.6. The highest BCUT2D eigenvalue weighted by molar-refractivity contribution is 6.33. The van der Waals surface area contributed by atoms with Gasteiger partial charge in [0.05, 0.1) is 41.4 Å². The Bertz CT molecular complexity index is 3220. The molecular formula is C51H37F8N3O8. The third kappa shape index (κ3) is 8.50. The molecule has 70 heavy (non-hydrogen) atoms. The van der Waals surface area contributed by atoms with Crippen LogP contribution in [0.3, 0.4) is 0 Å². The van der Waals surface area contributed by atoms with Crippen LogP contribution < -0.4 is 9.47 Å². The van der Waals surface area contributed by atoms with Crippen LogP contribution in [0.15, 0.2) is 117 Å². The topological polar surface area (TPSA) is 180 Å². The molecule has 2 atom stereocenters. The molecule has 0 amide bonds. The second kappa shape index (κ2) is 19.1. The molecule has 4 heterocycles. The van der Waals surface area contributed by atoms with Crippen molar-refractivity contribution in [2.75, 3.05) is 26.4 Å². The fraction of sp³-hybridized carbons (Fsp3) is 0.176. The molecule has 4 aromatic carbocycles. The normalized spacial score (nSPS) is 16.5. The van der Waals surface area contributed by atoms with Crippen LogP contribution in [0.2, 0.25) is 0 Å². The van der Waals surface area contributed by atoms with Gasteiger partial charge in [0.25, 0.3) is 0 Å². The van der Waals surface area contributed by atoms with Crippen LogP contribution in [0.25, 0.3) is 22.3 Å². The van der Waals surface area contributed by atoms with E-state index in [9.17, 15) is 30.6 Å². The number of hydrogen-bond donors (Lipinski definition) is 7. The van der Waals surface area contributed by atoms with Crippen molar-refractivity contribution in [3.05, 3.63) is 188 Å². The van der Waals surface area contributed by atoms with Crippen LogP contribution >= 0.6 is 0 Å². The Hall–Kier alpha value is -7.58. The number of phenolic OH excluding ortho intramolecular Hbond substituents is 2. The number of rotatable bonds is 12. The molecule has 0 saturated carbocycles. The van der Waals surface area contributed by atoms with Crippen LogP contribution in [0.4, 0.5) is 35.1 Å². The molecule has 7 N–H and O–H groups in total. The van der Waals surface area contributed by atoms with E-state index in [1.807, 2.05) is 0 Å². The van der Waals surface area contributed by atoms with E-state index in [2.05, 4.69) is 4.98 Å². The molecule has 0 fully saturated rings. The Morgan fingerprint density at radius 1 is 0.543 bits per heavy atom. The zero-order valence-corrected chi connectivity index (χ0v) is 36.1. The molecule has 11 nitrogen and oxygen atoms in total. The SMILES string of the molecule is OCC(O)COc1c(F)c(F)c(C2=C3C=CC(=C(c4cccc(O)c4)C4=NC(=C(c5c(F)c(F)c(OCC(O)CO)c(F)c5F)c5ccc([nH]5)C(c5cccc(O)c5)=C5C=CC2=N5)CC4)C3)c(F)c1F. The number of aliphatic hydroxyl groups excluding tert-OH is 4. The average Bonchev–Trinajstić information content (AvgIpc) is 4.20. The fourth-order valence-electron chi connectivity index (χ4n) is 8.64.